The zero-order chi connectivity index (χ0) is 31.2. The summed E-state index contributed by atoms with van der Waals surface area (Å²) >= 11 is 6.38. The van der Waals surface area contributed by atoms with Gasteiger partial charge in [0.1, 0.15) is 5.75 Å². The van der Waals surface area contributed by atoms with Gasteiger partial charge in [-0.15, -0.1) is 0 Å². The third-order valence-electron chi connectivity index (χ3n) is 9.92. The van der Waals surface area contributed by atoms with Crippen molar-refractivity contribution in [1.82, 2.24) is 9.62 Å². The molecule has 6 rings (SSSR count). The molecule has 4 aliphatic rings. The standard InChI is InChI=1S/C33H40ClN3O6S/c1-36(2)32(40)30-8-4-3-7-28(38)25-12-9-23(25)18-37-19-33(15-5-6-21-16-24(34)11-13-26(21)33)20-43-29-14-10-22(17-27(29)37)31(39)35-44(30,41)42/h3,7,10-11,13-14,16-17,23,25,28,30,38H,4-6,8-9,12,15,18-20H2,1-2H3,(H,35,39)/b7-3-/t23-,25+,28-,30+,33-/m0/s1. The van der Waals surface area contributed by atoms with Crippen molar-refractivity contribution < 1.29 is 27.9 Å². The van der Waals surface area contributed by atoms with Crippen molar-refractivity contribution in [3.05, 3.63) is 70.3 Å². The second kappa shape index (κ2) is 12.0. The highest BCUT2D eigenvalue weighted by molar-refractivity contribution is 7.91. The molecule has 2 bridgehead atoms. The van der Waals surface area contributed by atoms with E-state index in [-0.39, 0.29) is 35.7 Å². The number of sulfonamides is 1. The minimum absolute atomic E-state index is 0.0164. The van der Waals surface area contributed by atoms with Gasteiger partial charge in [0, 0.05) is 43.2 Å². The predicted octanol–water partition coefficient (Wildman–Crippen LogP) is 4.07. The molecule has 1 saturated carbocycles. The molecule has 1 fully saturated rings. The summed E-state index contributed by atoms with van der Waals surface area (Å²) in [7, 11) is -1.38. The van der Waals surface area contributed by atoms with Crippen LogP contribution in [-0.2, 0) is 26.7 Å². The van der Waals surface area contributed by atoms with Crippen LogP contribution in [0.2, 0.25) is 5.02 Å². The van der Waals surface area contributed by atoms with Crippen LogP contribution in [0.1, 0.15) is 60.0 Å². The Bertz CT molecular complexity index is 1590. The number of nitrogens with zero attached hydrogens (tertiary/aromatic N) is 2. The molecule has 0 radical (unpaired) electrons. The number of halogens is 1. The zero-order valence-electron chi connectivity index (χ0n) is 25.2. The van der Waals surface area contributed by atoms with Crippen LogP contribution in [0, 0.1) is 11.8 Å². The van der Waals surface area contributed by atoms with Crippen molar-refractivity contribution in [3.63, 3.8) is 0 Å². The quantitative estimate of drug-likeness (QED) is 0.451. The third-order valence-corrected chi connectivity index (χ3v) is 11.8. The van der Waals surface area contributed by atoms with Crippen LogP contribution in [0.25, 0.3) is 0 Å². The molecule has 2 aromatic carbocycles. The molecule has 44 heavy (non-hydrogen) atoms. The van der Waals surface area contributed by atoms with Gasteiger partial charge in [-0.2, -0.15) is 0 Å². The fourth-order valence-electron chi connectivity index (χ4n) is 7.39. The molecule has 11 heteroatoms. The Morgan fingerprint density at radius 1 is 1.16 bits per heavy atom. The predicted molar refractivity (Wildman–Crippen MR) is 170 cm³/mol. The van der Waals surface area contributed by atoms with E-state index in [9.17, 15) is 23.1 Å². The van der Waals surface area contributed by atoms with Gasteiger partial charge in [0.2, 0.25) is 15.9 Å². The summed E-state index contributed by atoms with van der Waals surface area (Å²) in [4.78, 5) is 29.9. The van der Waals surface area contributed by atoms with Gasteiger partial charge in [-0.3, -0.25) is 9.59 Å². The Balaban J connectivity index is 1.42. The Morgan fingerprint density at radius 2 is 1.98 bits per heavy atom. The number of carbonyl (C=O) groups is 2. The van der Waals surface area contributed by atoms with E-state index >= 15 is 0 Å². The molecule has 236 valence electrons. The number of hydrogen-bond acceptors (Lipinski definition) is 7. The number of aliphatic hydroxyl groups excluding tert-OH is 1. The second-order valence-corrected chi connectivity index (χ2v) is 15.3. The first-order valence-electron chi connectivity index (χ1n) is 15.4. The lowest BCUT2D eigenvalue weighted by Gasteiger charge is -2.45. The number of nitrogens with one attached hydrogen (secondary N) is 1. The summed E-state index contributed by atoms with van der Waals surface area (Å²) in [5.74, 6) is -0.504. The van der Waals surface area contributed by atoms with E-state index < -0.39 is 33.2 Å². The van der Waals surface area contributed by atoms with E-state index in [2.05, 4.69) is 15.7 Å². The lowest BCUT2D eigenvalue weighted by molar-refractivity contribution is -0.128. The Kier molecular flexibility index (Phi) is 8.45. The molecule has 0 aromatic heterocycles. The SMILES string of the molecule is CN(C)C(=O)[C@H]1CC/C=C\[C@H](O)[C@@H]2CC[C@H]2CN2C[C@@]3(CCCc4cc(Cl)ccc43)COc3ccc(cc32)C(=O)NS1(=O)=O. The molecule has 2 N–H and O–H groups in total. The highest BCUT2D eigenvalue weighted by Crippen LogP contribution is 2.46. The molecule has 0 saturated heterocycles. The van der Waals surface area contributed by atoms with Gasteiger partial charge < -0.3 is 19.6 Å². The van der Waals surface area contributed by atoms with Crippen LogP contribution >= 0.6 is 11.6 Å². The van der Waals surface area contributed by atoms with Crippen molar-refractivity contribution in [3.8, 4) is 5.75 Å². The number of rotatable bonds is 1. The minimum Gasteiger partial charge on any atom is -0.490 e. The smallest absolute Gasteiger partial charge is 0.264 e. The Labute approximate surface area is 264 Å². The van der Waals surface area contributed by atoms with E-state index in [0.717, 1.165) is 37.8 Å². The average Bonchev–Trinajstić information content (AvgIpc) is 3.11. The number of carbonyl (C=O) groups excluding carboxylic acids is 2. The highest BCUT2D eigenvalue weighted by Gasteiger charge is 2.44. The van der Waals surface area contributed by atoms with E-state index in [4.69, 9.17) is 16.3 Å². The molecule has 2 aliphatic heterocycles. The van der Waals surface area contributed by atoms with Gasteiger partial charge in [-0.1, -0.05) is 29.8 Å². The number of benzene rings is 2. The largest absolute Gasteiger partial charge is 0.490 e. The number of aryl methyl sites for hydroxylation is 1. The Morgan fingerprint density at radius 3 is 2.73 bits per heavy atom. The molecule has 2 amide bonds. The minimum atomic E-state index is -4.36. The fourth-order valence-corrected chi connectivity index (χ4v) is 9.03. The van der Waals surface area contributed by atoms with Crippen LogP contribution in [0.15, 0.2) is 48.6 Å². The summed E-state index contributed by atoms with van der Waals surface area (Å²) in [5, 5.41) is 10.4. The fraction of sp³-hybridized carbons (Fsp3) is 0.515. The van der Waals surface area contributed by atoms with Crippen molar-refractivity contribution >= 4 is 39.1 Å². The summed E-state index contributed by atoms with van der Waals surface area (Å²) < 4.78 is 35.5. The van der Waals surface area contributed by atoms with Gasteiger partial charge in [0.15, 0.2) is 5.25 Å². The maximum absolute atomic E-state index is 13.5. The molecule has 2 heterocycles. The molecular formula is C33H40ClN3O6S. The van der Waals surface area contributed by atoms with Crippen LogP contribution in [0.4, 0.5) is 5.69 Å². The lowest BCUT2D eigenvalue weighted by Crippen LogP contribution is -2.49. The topological polar surface area (TPSA) is 116 Å². The third kappa shape index (κ3) is 5.84. The molecule has 0 unspecified atom stereocenters. The number of amides is 2. The summed E-state index contributed by atoms with van der Waals surface area (Å²) in [6.45, 7) is 1.77. The van der Waals surface area contributed by atoms with Gasteiger partial charge in [-0.05, 0) is 98.2 Å². The van der Waals surface area contributed by atoms with E-state index in [1.165, 1.54) is 30.1 Å². The maximum atomic E-state index is 13.5. The maximum Gasteiger partial charge on any atom is 0.264 e. The molecule has 5 atom stereocenters. The second-order valence-electron chi connectivity index (χ2n) is 13.0. The van der Waals surface area contributed by atoms with Crippen LogP contribution in [0.3, 0.4) is 0 Å². The number of hydrogen-bond donors (Lipinski definition) is 2. The first kappa shape index (κ1) is 30.9. The first-order valence-corrected chi connectivity index (χ1v) is 17.3. The monoisotopic (exact) mass is 641 g/mol. The Hall–Kier alpha value is -3.08. The summed E-state index contributed by atoms with van der Waals surface area (Å²) in [6.07, 6.45) is 7.78. The summed E-state index contributed by atoms with van der Waals surface area (Å²) in [6, 6.07) is 11.1. The van der Waals surface area contributed by atoms with E-state index in [1.54, 1.807) is 30.4 Å². The van der Waals surface area contributed by atoms with Crippen molar-refractivity contribution in [2.75, 3.05) is 38.7 Å². The van der Waals surface area contributed by atoms with Crippen molar-refractivity contribution in [1.29, 1.82) is 0 Å². The van der Waals surface area contributed by atoms with Crippen molar-refractivity contribution in [2.45, 2.75) is 61.7 Å². The lowest BCUT2D eigenvalue weighted by atomic mass is 9.68. The molecule has 2 aromatic rings. The van der Waals surface area contributed by atoms with Crippen molar-refractivity contribution in [2.24, 2.45) is 11.8 Å². The first-order chi connectivity index (χ1) is 21.0. The van der Waals surface area contributed by atoms with Crippen LogP contribution in [-0.4, -0.2) is 75.4 Å². The van der Waals surface area contributed by atoms with E-state index in [1.807, 2.05) is 12.1 Å². The molecule has 2 aliphatic carbocycles. The summed E-state index contributed by atoms with van der Waals surface area (Å²) in [5.41, 5.74) is 3.03. The normalized spacial score (nSPS) is 30.5. The van der Waals surface area contributed by atoms with Gasteiger partial charge in [0.05, 0.1) is 18.4 Å². The highest BCUT2D eigenvalue weighted by atomic mass is 35.5. The van der Waals surface area contributed by atoms with Gasteiger partial charge in [0.25, 0.3) is 5.91 Å². The molecule has 9 nitrogen and oxygen atoms in total. The average molecular weight is 642 g/mol. The molecular weight excluding hydrogens is 602 g/mol. The van der Waals surface area contributed by atoms with Crippen LogP contribution in [0.5, 0.6) is 5.75 Å². The zero-order valence-corrected chi connectivity index (χ0v) is 26.7. The van der Waals surface area contributed by atoms with Gasteiger partial charge in [-0.25, -0.2) is 13.1 Å². The number of fused-ring (bicyclic) bond motifs is 4. The number of aliphatic hydroxyl groups is 1. The van der Waals surface area contributed by atoms with Crippen LogP contribution < -0.4 is 14.4 Å². The van der Waals surface area contributed by atoms with Gasteiger partial charge >= 0.3 is 0 Å². The number of anilines is 1. The number of ether oxygens (including phenoxy) is 1. The van der Waals surface area contributed by atoms with E-state index in [0.29, 0.717) is 30.5 Å². The number of allylic oxidation sites excluding steroid dienone is 1. The molecule has 1 spiro atoms.